The molecule has 0 aliphatic carbocycles. The molecule has 1 aromatic rings. The van der Waals surface area contributed by atoms with E-state index in [0.717, 1.165) is 31.1 Å². The molecule has 5 nitrogen and oxygen atoms in total. The van der Waals surface area contributed by atoms with E-state index in [2.05, 4.69) is 45.3 Å². The number of benzene rings is 1. The zero-order valence-corrected chi connectivity index (χ0v) is 12.4. The Morgan fingerprint density at radius 1 is 1.38 bits per heavy atom. The summed E-state index contributed by atoms with van der Waals surface area (Å²) in [6, 6.07) is 6.91. The van der Waals surface area contributed by atoms with E-state index in [-0.39, 0.29) is 12.1 Å². The summed E-state index contributed by atoms with van der Waals surface area (Å²) in [4.78, 5) is 11.4. The number of rotatable bonds is 1. The summed E-state index contributed by atoms with van der Waals surface area (Å²) < 4.78 is 6.15. The summed E-state index contributed by atoms with van der Waals surface area (Å²) in [7, 11) is 2.02. The van der Waals surface area contributed by atoms with Crippen molar-refractivity contribution in [2.45, 2.75) is 31.5 Å². The second-order valence-electron chi connectivity index (χ2n) is 6.00. The van der Waals surface area contributed by atoms with Gasteiger partial charge in [0.2, 0.25) is 0 Å². The van der Waals surface area contributed by atoms with Gasteiger partial charge < -0.3 is 15.0 Å². The molecular formula is C16H20N4O. The van der Waals surface area contributed by atoms with Crippen molar-refractivity contribution in [2.24, 2.45) is 9.98 Å². The molecule has 110 valence electrons. The molecule has 1 N–H and O–H groups in total. The van der Waals surface area contributed by atoms with Crippen molar-refractivity contribution in [1.29, 1.82) is 0 Å². The number of hydrogen-bond donors (Lipinski definition) is 1. The van der Waals surface area contributed by atoms with Crippen molar-refractivity contribution in [3.8, 4) is 5.75 Å². The lowest BCUT2D eigenvalue weighted by Gasteiger charge is -2.28. The van der Waals surface area contributed by atoms with E-state index >= 15 is 0 Å². The highest BCUT2D eigenvalue weighted by Crippen LogP contribution is 2.41. The Hall–Kier alpha value is -1.88. The Balaban J connectivity index is 1.62. The molecule has 3 aliphatic rings. The number of hydrogen-bond acceptors (Lipinski definition) is 5. The van der Waals surface area contributed by atoms with Crippen molar-refractivity contribution in [2.75, 3.05) is 20.1 Å². The van der Waals surface area contributed by atoms with E-state index in [1.807, 2.05) is 7.05 Å². The Morgan fingerprint density at radius 2 is 2.29 bits per heavy atom. The smallest absolute Gasteiger partial charge is 0.182 e. The van der Waals surface area contributed by atoms with E-state index in [1.165, 1.54) is 11.1 Å². The summed E-state index contributed by atoms with van der Waals surface area (Å²) in [5.74, 6) is 1.98. The summed E-state index contributed by atoms with van der Waals surface area (Å²) in [5.41, 5.74) is 2.43. The predicted octanol–water partition coefficient (Wildman–Crippen LogP) is 1.53. The molecule has 0 spiro atoms. The zero-order chi connectivity index (χ0) is 14.4. The van der Waals surface area contributed by atoms with Crippen molar-refractivity contribution >= 4 is 12.2 Å². The molecule has 3 heterocycles. The van der Waals surface area contributed by atoms with Crippen LogP contribution in [0.5, 0.6) is 5.75 Å². The standard InChI is InChI=1S/C16H20N4O/c1-10-3-4-13-12(7-10)14-15(21-13)16(19-9-18-14)20-6-5-11(8-20)17-2/h3-4,7,9,11,14-15,17H,5-6,8H2,1-2H3/t11-,14?,15?/m0/s1. The Bertz CT molecular complexity index is 625. The first-order valence-corrected chi connectivity index (χ1v) is 7.55. The fraction of sp³-hybridized carbons (Fsp3) is 0.500. The van der Waals surface area contributed by atoms with Gasteiger partial charge in [-0.3, -0.25) is 4.99 Å². The molecule has 0 amide bonds. The molecule has 0 radical (unpaired) electrons. The van der Waals surface area contributed by atoms with E-state index in [0.29, 0.717) is 6.04 Å². The number of amidine groups is 1. The average molecular weight is 284 g/mol. The highest BCUT2D eigenvalue weighted by Gasteiger charge is 2.42. The fourth-order valence-corrected chi connectivity index (χ4v) is 3.43. The van der Waals surface area contributed by atoms with Gasteiger partial charge in [-0.2, -0.15) is 0 Å². The van der Waals surface area contributed by atoms with Crippen LogP contribution >= 0.6 is 0 Å². The fourth-order valence-electron chi connectivity index (χ4n) is 3.43. The molecule has 4 rings (SSSR count). The third kappa shape index (κ3) is 2.03. The number of nitrogens with one attached hydrogen (secondary N) is 1. The molecule has 2 unspecified atom stereocenters. The summed E-state index contributed by atoms with van der Waals surface area (Å²) in [6.45, 7) is 4.12. The lowest BCUT2D eigenvalue weighted by Crippen LogP contribution is -2.44. The molecule has 1 saturated heterocycles. The van der Waals surface area contributed by atoms with Gasteiger partial charge in [-0.25, -0.2) is 4.99 Å². The van der Waals surface area contributed by atoms with Crippen LogP contribution in [0.2, 0.25) is 0 Å². The maximum atomic E-state index is 6.15. The number of fused-ring (bicyclic) bond motifs is 3. The molecule has 0 aromatic heterocycles. The number of likely N-dealkylation sites (N-methyl/N-ethyl adjacent to an activating group) is 1. The molecule has 0 saturated carbocycles. The molecule has 3 aliphatic heterocycles. The van der Waals surface area contributed by atoms with Crippen LogP contribution < -0.4 is 10.1 Å². The van der Waals surface area contributed by atoms with Gasteiger partial charge in [-0.15, -0.1) is 0 Å². The molecule has 0 bridgehead atoms. The number of aryl methyl sites for hydroxylation is 1. The van der Waals surface area contributed by atoms with Gasteiger partial charge in [0.1, 0.15) is 24.0 Å². The van der Waals surface area contributed by atoms with Crippen molar-refractivity contribution in [3.05, 3.63) is 29.3 Å². The third-order valence-electron chi connectivity index (χ3n) is 4.62. The van der Waals surface area contributed by atoms with Gasteiger partial charge in [-0.1, -0.05) is 17.7 Å². The summed E-state index contributed by atoms with van der Waals surface area (Å²) >= 11 is 0. The largest absolute Gasteiger partial charge is 0.479 e. The number of ether oxygens (including phenoxy) is 1. The van der Waals surface area contributed by atoms with E-state index in [4.69, 9.17) is 4.74 Å². The Labute approximate surface area is 124 Å². The minimum atomic E-state index is -0.0672. The van der Waals surface area contributed by atoms with Crippen molar-refractivity contribution in [3.63, 3.8) is 0 Å². The number of aliphatic imine (C=N–C) groups is 2. The van der Waals surface area contributed by atoms with Gasteiger partial charge in [0.05, 0.1) is 0 Å². The lowest BCUT2D eigenvalue weighted by atomic mass is 10.0. The molecule has 3 atom stereocenters. The first-order chi connectivity index (χ1) is 10.3. The topological polar surface area (TPSA) is 49.2 Å². The minimum absolute atomic E-state index is 0.0565. The van der Waals surface area contributed by atoms with Gasteiger partial charge in [0, 0.05) is 24.7 Å². The summed E-state index contributed by atoms with van der Waals surface area (Å²) in [6.07, 6.45) is 2.78. The molecule has 5 heteroatoms. The molecular weight excluding hydrogens is 264 g/mol. The minimum Gasteiger partial charge on any atom is -0.479 e. The molecule has 1 fully saturated rings. The number of likely N-dealkylation sites (tertiary alicyclic amines) is 1. The van der Waals surface area contributed by atoms with E-state index in [1.54, 1.807) is 6.34 Å². The van der Waals surface area contributed by atoms with Crippen LogP contribution in [0.4, 0.5) is 0 Å². The van der Waals surface area contributed by atoms with E-state index < -0.39 is 0 Å². The first kappa shape index (κ1) is 12.8. The van der Waals surface area contributed by atoms with E-state index in [9.17, 15) is 0 Å². The normalized spacial score (nSPS) is 29.9. The highest BCUT2D eigenvalue weighted by molar-refractivity contribution is 5.96. The molecule has 1 aromatic carbocycles. The lowest BCUT2D eigenvalue weighted by molar-refractivity contribution is 0.253. The van der Waals surface area contributed by atoms with Gasteiger partial charge >= 0.3 is 0 Å². The third-order valence-corrected chi connectivity index (χ3v) is 4.62. The Kier molecular flexibility index (Phi) is 2.96. The quantitative estimate of drug-likeness (QED) is 0.851. The van der Waals surface area contributed by atoms with Crippen LogP contribution in [0.25, 0.3) is 0 Å². The Morgan fingerprint density at radius 3 is 3.10 bits per heavy atom. The molecule has 21 heavy (non-hydrogen) atoms. The monoisotopic (exact) mass is 284 g/mol. The highest BCUT2D eigenvalue weighted by atomic mass is 16.5. The van der Waals surface area contributed by atoms with Crippen LogP contribution in [-0.4, -0.2) is 49.4 Å². The van der Waals surface area contributed by atoms with Gasteiger partial charge in [0.15, 0.2) is 6.10 Å². The van der Waals surface area contributed by atoms with Gasteiger partial charge in [-0.05, 0) is 26.5 Å². The SMILES string of the molecule is CN[C@H]1CCN(C2=NC=NC3c4cc(C)ccc4OC23)C1. The predicted molar refractivity (Wildman–Crippen MR) is 83.3 cm³/mol. The van der Waals surface area contributed by atoms with Crippen LogP contribution in [-0.2, 0) is 0 Å². The van der Waals surface area contributed by atoms with Crippen molar-refractivity contribution < 1.29 is 4.74 Å². The summed E-state index contributed by atoms with van der Waals surface area (Å²) in [5, 5.41) is 3.35. The van der Waals surface area contributed by atoms with Crippen molar-refractivity contribution in [1.82, 2.24) is 10.2 Å². The second-order valence-corrected chi connectivity index (χ2v) is 6.00. The maximum Gasteiger partial charge on any atom is 0.182 e. The second kappa shape index (κ2) is 4.84. The van der Waals surface area contributed by atoms with Crippen LogP contribution in [0, 0.1) is 6.92 Å². The first-order valence-electron chi connectivity index (χ1n) is 7.55. The zero-order valence-electron chi connectivity index (χ0n) is 12.4. The van der Waals surface area contributed by atoms with Crippen LogP contribution in [0.15, 0.2) is 28.2 Å². The maximum absolute atomic E-state index is 6.15. The number of nitrogens with zero attached hydrogens (tertiary/aromatic N) is 3. The van der Waals surface area contributed by atoms with Gasteiger partial charge in [0.25, 0.3) is 0 Å². The average Bonchev–Trinajstić information content (AvgIpc) is 3.11. The van der Waals surface area contributed by atoms with Crippen LogP contribution in [0.1, 0.15) is 23.6 Å². The van der Waals surface area contributed by atoms with Crippen LogP contribution in [0.3, 0.4) is 0 Å².